The Bertz CT molecular complexity index is 994. The summed E-state index contributed by atoms with van der Waals surface area (Å²) in [4.78, 5) is 14.1. The second-order valence-electron chi connectivity index (χ2n) is 7.46. The third-order valence-corrected chi connectivity index (χ3v) is 5.52. The van der Waals surface area contributed by atoms with Gasteiger partial charge in [-0.15, -0.1) is 10.2 Å². The first-order chi connectivity index (χ1) is 14.0. The number of nitro benzene ring substituents is 1. The molecule has 1 N–H and O–H groups in total. The van der Waals surface area contributed by atoms with Crippen LogP contribution in [0.25, 0.3) is 11.5 Å². The molecule has 0 aliphatic carbocycles. The summed E-state index contributed by atoms with van der Waals surface area (Å²) in [6, 6.07) is 14.9. The number of piperazine rings is 1. The quantitative estimate of drug-likeness (QED) is 0.528. The van der Waals surface area contributed by atoms with Gasteiger partial charge in [0.15, 0.2) is 6.04 Å². The number of quaternary nitrogens is 1. The molecule has 0 saturated carbocycles. The molecule has 8 nitrogen and oxygen atoms in total. The molecule has 4 rings (SSSR count). The van der Waals surface area contributed by atoms with E-state index in [9.17, 15) is 10.1 Å². The smallest absolute Gasteiger partial charge is 0.274 e. The fourth-order valence-corrected chi connectivity index (χ4v) is 3.75. The number of non-ortho nitro benzene ring substituents is 1. The van der Waals surface area contributed by atoms with Gasteiger partial charge in [0.2, 0.25) is 5.89 Å². The summed E-state index contributed by atoms with van der Waals surface area (Å²) in [6.45, 7) is 7.76. The van der Waals surface area contributed by atoms with Crippen LogP contribution >= 0.6 is 0 Å². The molecule has 1 atom stereocenters. The van der Waals surface area contributed by atoms with E-state index in [4.69, 9.17) is 4.42 Å². The normalized spacial score (nSPS) is 16.0. The van der Waals surface area contributed by atoms with Crippen LogP contribution in [-0.2, 0) is 0 Å². The lowest BCUT2D eigenvalue weighted by Gasteiger charge is -2.35. The van der Waals surface area contributed by atoms with Crippen LogP contribution in [0.4, 0.5) is 11.4 Å². The van der Waals surface area contributed by atoms with Crippen LogP contribution in [0.3, 0.4) is 0 Å². The van der Waals surface area contributed by atoms with Crippen LogP contribution in [0.5, 0.6) is 0 Å². The fraction of sp³-hybridized carbons (Fsp3) is 0.333. The minimum atomic E-state index is -0.372. The molecule has 0 unspecified atom stereocenters. The van der Waals surface area contributed by atoms with Gasteiger partial charge in [0.05, 0.1) is 31.1 Å². The molecule has 0 bridgehead atoms. The van der Waals surface area contributed by atoms with Crippen LogP contribution in [0.2, 0.25) is 0 Å². The van der Waals surface area contributed by atoms with Crippen molar-refractivity contribution in [3.8, 4) is 11.5 Å². The van der Waals surface area contributed by atoms with E-state index in [0.29, 0.717) is 11.8 Å². The first-order valence-electron chi connectivity index (χ1n) is 9.75. The van der Waals surface area contributed by atoms with Gasteiger partial charge in [-0.05, 0) is 38.1 Å². The first-order valence-corrected chi connectivity index (χ1v) is 9.75. The highest BCUT2D eigenvalue weighted by molar-refractivity contribution is 5.53. The van der Waals surface area contributed by atoms with E-state index in [1.54, 1.807) is 12.1 Å². The maximum atomic E-state index is 10.8. The van der Waals surface area contributed by atoms with Crippen molar-refractivity contribution < 1.29 is 14.2 Å². The molecule has 8 heteroatoms. The zero-order chi connectivity index (χ0) is 20.4. The van der Waals surface area contributed by atoms with E-state index in [0.717, 1.165) is 43.0 Å². The van der Waals surface area contributed by atoms with E-state index < -0.39 is 0 Å². The second kappa shape index (κ2) is 8.00. The van der Waals surface area contributed by atoms with Crippen molar-refractivity contribution in [3.63, 3.8) is 0 Å². The molecule has 1 aliphatic rings. The van der Waals surface area contributed by atoms with Gasteiger partial charge in [-0.25, -0.2) is 0 Å². The third-order valence-electron chi connectivity index (χ3n) is 5.52. The van der Waals surface area contributed by atoms with Crippen LogP contribution < -0.4 is 9.80 Å². The summed E-state index contributed by atoms with van der Waals surface area (Å²) in [5.41, 5.74) is 3.23. The van der Waals surface area contributed by atoms with Crippen LogP contribution in [-0.4, -0.2) is 41.3 Å². The highest BCUT2D eigenvalue weighted by atomic mass is 16.6. The SMILES string of the molecule is Cc1cccc(-c2nnc([C@@H](C)[NH+]3CCN(c4ccc([N+](=O)[O-])cc4)CC3)o2)c1. The van der Waals surface area contributed by atoms with E-state index >= 15 is 0 Å². The Morgan fingerprint density at radius 3 is 2.52 bits per heavy atom. The number of hydrogen-bond acceptors (Lipinski definition) is 6. The molecule has 1 aromatic heterocycles. The predicted octanol–water partition coefficient (Wildman–Crippen LogP) is 2.42. The van der Waals surface area contributed by atoms with Gasteiger partial charge in [-0.2, -0.15) is 0 Å². The average molecular weight is 394 g/mol. The standard InChI is InChI=1S/C21H23N5O3/c1-15-4-3-5-17(14-15)21-23-22-20(29-21)16(2)24-10-12-25(13-11-24)18-6-8-19(9-7-18)26(27)28/h3-9,14,16H,10-13H2,1-2H3/p+1/t16-/m1/s1. The monoisotopic (exact) mass is 394 g/mol. The summed E-state index contributed by atoms with van der Waals surface area (Å²) in [5, 5.41) is 19.3. The van der Waals surface area contributed by atoms with Gasteiger partial charge in [0.25, 0.3) is 11.6 Å². The van der Waals surface area contributed by atoms with Crippen LogP contribution in [0.15, 0.2) is 52.9 Å². The van der Waals surface area contributed by atoms with E-state index in [2.05, 4.69) is 22.0 Å². The number of aryl methyl sites for hydroxylation is 1. The maximum Gasteiger partial charge on any atom is 0.274 e. The predicted molar refractivity (Wildman–Crippen MR) is 109 cm³/mol. The molecule has 1 fully saturated rings. The number of nitrogens with one attached hydrogen (secondary N) is 1. The third kappa shape index (κ3) is 4.12. The lowest BCUT2D eigenvalue weighted by molar-refractivity contribution is -0.931. The summed E-state index contributed by atoms with van der Waals surface area (Å²) in [5.74, 6) is 1.21. The number of aromatic nitrogens is 2. The van der Waals surface area contributed by atoms with Gasteiger partial charge < -0.3 is 14.2 Å². The van der Waals surface area contributed by atoms with Crippen molar-refractivity contribution in [2.45, 2.75) is 19.9 Å². The lowest BCUT2D eigenvalue weighted by Crippen LogP contribution is -3.14. The Kier molecular flexibility index (Phi) is 5.26. The van der Waals surface area contributed by atoms with Gasteiger partial charge >= 0.3 is 0 Å². The zero-order valence-corrected chi connectivity index (χ0v) is 16.5. The highest BCUT2D eigenvalue weighted by Crippen LogP contribution is 2.22. The van der Waals surface area contributed by atoms with Gasteiger partial charge in [-0.1, -0.05) is 17.7 Å². The number of nitrogens with zero attached hydrogens (tertiary/aromatic N) is 4. The van der Waals surface area contributed by atoms with Gasteiger partial charge in [-0.3, -0.25) is 10.1 Å². The molecule has 2 heterocycles. The van der Waals surface area contributed by atoms with Crippen molar-refractivity contribution in [2.75, 3.05) is 31.1 Å². The Hall–Kier alpha value is -3.26. The summed E-state index contributed by atoms with van der Waals surface area (Å²) in [6.07, 6.45) is 0. The summed E-state index contributed by atoms with van der Waals surface area (Å²) >= 11 is 0. The van der Waals surface area contributed by atoms with Gasteiger partial charge in [0.1, 0.15) is 0 Å². The van der Waals surface area contributed by atoms with Gasteiger partial charge in [0, 0.05) is 23.4 Å². The maximum absolute atomic E-state index is 10.8. The zero-order valence-electron chi connectivity index (χ0n) is 16.5. The molecule has 1 saturated heterocycles. The largest absolute Gasteiger partial charge is 0.415 e. The number of benzene rings is 2. The van der Waals surface area contributed by atoms with E-state index in [-0.39, 0.29) is 16.7 Å². The molecule has 29 heavy (non-hydrogen) atoms. The van der Waals surface area contributed by atoms with Crippen molar-refractivity contribution >= 4 is 11.4 Å². The Balaban J connectivity index is 1.39. The van der Waals surface area contributed by atoms with Crippen molar-refractivity contribution in [1.29, 1.82) is 0 Å². The fourth-order valence-electron chi connectivity index (χ4n) is 3.75. The minimum absolute atomic E-state index is 0.111. The van der Waals surface area contributed by atoms with Crippen LogP contribution in [0.1, 0.15) is 24.4 Å². The summed E-state index contributed by atoms with van der Waals surface area (Å²) in [7, 11) is 0. The molecule has 2 aromatic carbocycles. The van der Waals surface area contributed by atoms with E-state index in [1.165, 1.54) is 4.90 Å². The number of anilines is 1. The number of hydrogen-bond donors (Lipinski definition) is 1. The van der Waals surface area contributed by atoms with Crippen molar-refractivity contribution in [2.24, 2.45) is 0 Å². The molecule has 0 amide bonds. The van der Waals surface area contributed by atoms with Crippen LogP contribution in [0, 0.1) is 17.0 Å². The molecule has 3 aromatic rings. The second-order valence-corrected chi connectivity index (χ2v) is 7.46. The topological polar surface area (TPSA) is 89.7 Å². The molecule has 0 radical (unpaired) electrons. The first kappa shape index (κ1) is 19.1. The molecular weight excluding hydrogens is 370 g/mol. The molecule has 150 valence electrons. The number of nitro groups is 1. The molecule has 1 aliphatic heterocycles. The molecular formula is C21H24N5O3+. The minimum Gasteiger partial charge on any atom is -0.415 e. The highest BCUT2D eigenvalue weighted by Gasteiger charge is 2.29. The Morgan fingerprint density at radius 1 is 1.14 bits per heavy atom. The molecule has 0 spiro atoms. The Labute approximate surface area is 168 Å². The van der Waals surface area contributed by atoms with Crippen molar-refractivity contribution in [3.05, 3.63) is 70.1 Å². The average Bonchev–Trinajstić information content (AvgIpc) is 3.24. The number of rotatable bonds is 5. The lowest BCUT2D eigenvalue weighted by atomic mass is 10.1. The van der Waals surface area contributed by atoms with E-state index in [1.807, 2.05) is 43.3 Å². The Morgan fingerprint density at radius 2 is 1.86 bits per heavy atom. The van der Waals surface area contributed by atoms with Crippen molar-refractivity contribution in [1.82, 2.24) is 10.2 Å². The summed E-state index contributed by atoms with van der Waals surface area (Å²) < 4.78 is 5.97.